The highest BCUT2D eigenvalue weighted by Crippen LogP contribution is 2.35. The van der Waals surface area contributed by atoms with E-state index >= 15 is 0 Å². The van der Waals surface area contributed by atoms with E-state index in [1.165, 1.54) is 36.8 Å². The molecule has 0 radical (unpaired) electrons. The molecule has 0 spiro atoms. The van der Waals surface area contributed by atoms with Gasteiger partial charge in [0.25, 0.3) is 0 Å². The molecule has 0 heterocycles. The summed E-state index contributed by atoms with van der Waals surface area (Å²) in [6, 6.07) is 9.01. The number of aliphatic hydroxyl groups is 1. The van der Waals surface area contributed by atoms with E-state index in [4.69, 9.17) is 10.5 Å². The van der Waals surface area contributed by atoms with Gasteiger partial charge in [-0.05, 0) is 55.6 Å². The van der Waals surface area contributed by atoms with Gasteiger partial charge in [-0.15, -0.1) is 0 Å². The Morgan fingerprint density at radius 2 is 1.83 bits per heavy atom. The highest BCUT2D eigenvalue weighted by molar-refractivity contribution is 5.24. The molecule has 1 saturated carbocycles. The summed E-state index contributed by atoms with van der Waals surface area (Å²) in [6.45, 7) is 0.991. The number of hydrogen-bond acceptors (Lipinski definition) is 3. The second kappa shape index (κ2) is 9.41. The standard InChI is InChI=1S/C20H33NO2/c1-23-14-5-3-2-4-7-17-9-11-18(12-10-17)15-19-8-6-13-20(19,21)16-22/h9-12,19,22H,2-8,13-16,21H2,1H3/t19-,20+/m1/s1. The lowest BCUT2D eigenvalue weighted by atomic mass is 9.84. The Balaban J connectivity index is 1.74. The van der Waals surface area contributed by atoms with Gasteiger partial charge in [0.15, 0.2) is 0 Å². The number of nitrogens with two attached hydrogens (primary N) is 1. The highest BCUT2D eigenvalue weighted by Gasteiger charge is 2.38. The molecule has 0 unspecified atom stereocenters. The molecule has 3 heteroatoms. The van der Waals surface area contributed by atoms with Crippen LogP contribution in [0.5, 0.6) is 0 Å². The molecule has 1 aromatic rings. The molecular weight excluding hydrogens is 286 g/mol. The molecule has 0 aliphatic heterocycles. The topological polar surface area (TPSA) is 55.5 Å². The van der Waals surface area contributed by atoms with Crippen LogP contribution in [0.15, 0.2) is 24.3 Å². The predicted molar refractivity (Wildman–Crippen MR) is 95.5 cm³/mol. The first-order chi connectivity index (χ1) is 11.2. The van der Waals surface area contributed by atoms with Gasteiger partial charge >= 0.3 is 0 Å². The molecule has 0 amide bonds. The fourth-order valence-electron chi connectivity index (χ4n) is 3.74. The van der Waals surface area contributed by atoms with Crippen molar-refractivity contribution in [1.29, 1.82) is 0 Å². The third-order valence-electron chi connectivity index (χ3n) is 5.37. The molecular formula is C20H33NO2. The SMILES string of the molecule is COCCCCCCc1ccc(C[C@H]2CCC[C@]2(N)CO)cc1. The Labute approximate surface area is 141 Å². The lowest BCUT2D eigenvalue weighted by Gasteiger charge is -2.29. The lowest BCUT2D eigenvalue weighted by Crippen LogP contribution is -2.47. The van der Waals surface area contributed by atoms with Gasteiger partial charge in [-0.2, -0.15) is 0 Å². The Morgan fingerprint density at radius 3 is 2.52 bits per heavy atom. The summed E-state index contributed by atoms with van der Waals surface area (Å²) in [5.74, 6) is 0.416. The van der Waals surface area contributed by atoms with Gasteiger partial charge in [0.2, 0.25) is 0 Å². The number of rotatable bonds is 10. The maximum atomic E-state index is 9.56. The van der Waals surface area contributed by atoms with Crippen molar-refractivity contribution in [3.05, 3.63) is 35.4 Å². The number of methoxy groups -OCH3 is 1. The smallest absolute Gasteiger partial charge is 0.0614 e. The van der Waals surface area contributed by atoms with Crippen molar-refractivity contribution in [3.63, 3.8) is 0 Å². The van der Waals surface area contributed by atoms with E-state index in [1.807, 2.05) is 0 Å². The minimum absolute atomic E-state index is 0.110. The van der Waals surface area contributed by atoms with Crippen LogP contribution in [-0.2, 0) is 17.6 Å². The summed E-state index contributed by atoms with van der Waals surface area (Å²) in [6.07, 6.45) is 10.3. The molecule has 3 nitrogen and oxygen atoms in total. The van der Waals surface area contributed by atoms with Gasteiger partial charge in [-0.25, -0.2) is 0 Å². The van der Waals surface area contributed by atoms with Crippen LogP contribution in [0.25, 0.3) is 0 Å². The number of unbranched alkanes of at least 4 members (excludes halogenated alkanes) is 3. The number of ether oxygens (including phenoxy) is 1. The molecule has 1 aliphatic rings. The number of aryl methyl sites for hydroxylation is 1. The minimum Gasteiger partial charge on any atom is -0.394 e. The number of aliphatic hydroxyl groups excluding tert-OH is 1. The van der Waals surface area contributed by atoms with Gasteiger partial charge in [-0.1, -0.05) is 43.5 Å². The second-order valence-electron chi connectivity index (χ2n) is 7.16. The van der Waals surface area contributed by atoms with Crippen LogP contribution in [0.2, 0.25) is 0 Å². The van der Waals surface area contributed by atoms with Gasteiger partial charge in [-0.3, -0.25) is 0 Å². The molecule has 0 bridgehead atoms. The lowest BCUT2D eigenvalue weighted by molar-refractivity contribution is 0.160. The summed E-state index contributed by atoms with van der Waals surface area (Å²) < 4.78 is 5.07. The highest BCUT2D eigenvalue weighted by atomic mass is 16.5. The molecule has 2 rings (SSSR count). The number of hydrogen-bond donors (Lipinski definition) is 2. The van der Waals surface area contributed by atoms with Crippen molar-refractivity contribution in [3.8, 4) is 0 Å². The van der Waals surface area contributed by atoms with Crippen LogP contribution in [-0.4, -0.2) is 31.0 Å². The zero-order chi connectivity index (χ0) is 16.5. The van der Waals surface area contributed by atoms with Crippen LogP contribution >= 0.6 is 0 Å². The van der Waals surface area contributed by atoms with E-state index in [2.05, 4.69) is 24.3 Å². The first-order valence-corrected chi connectivity index (χ1v) is 9.14. The molecule has 3 N–H and O–H groups in total. The average molecular weight is 319 g/mol. The Morgan fingerprint density at radius 1 is 1.13 bits per heavy atom. The first kappa shape index (κ1) is 18.4. The normalized spacial score (nSPS) is 24.2. The molecule has 23 heavy (non-hydrogen) atoms. The van der Waals surface area contributed by atoms with Crippen molar-refractivity contribution < 1.29 is 9.84 Å². The molecule has 2 atom stereocenters. The fraction of sp³-hybridized carbons (Fsp3) is 0.700. The molecule has 1 aliphatic carbocycles. The van der Waals surface area contributed by atoms with Gasteiger partial charge < -0.3 is 15.6 Å². The van der Waals surface area contributed by atoms with E-state index in [0.717, 1.165) is 38.7 Å². The fourth-order valence-corrected chi connectivity index (χ4v) is 3.74. The van der Waals surface area contributed by atoms with E-state index in [-0.39, 0.29) is 12.1 Å². The van der Waals surface area contributed by atoms with E-state index in [1.54, 1.807) is 7.11 Å². The third kappa shape index (κ3) is 5.59. The molecule has 130 valence electrons. The van der Waals surface area contributed by atoms with Crippen molar-refractivity contribution in [1.82, 2.24) is 0 Å². The monoisotopic (exact) mass is 319 g/mol. The summed E-state index contributed by atoms with van der Waals surface area (Å²) >= 11 is 0. The molecule has 1 aromatic carbocycles. The van der Waals surface area contributed by atoms with Crippen molar-refractivity contribution in [2.45, 2.75) is 63.3 Å². The number of benzene rings is 1. The predicted octanol–water partition coefficient (Wildman–Crippen LogP) is 3.47. The summed E-state index contributed by atoms with van der Waals surface area (Å²) in [4.78, 5) is 0. The van der Waals surface area contributed by atoms with Crippen LogP contribution in [0.4, 0.5) is 0 Å². The maximum absolute atomic E-state index is 9.56. The van der Waals surface area contributed by atoms with Crippen LogP contribution in [0, 0.1) is 5.92 Å². The quantitative estimate of drug-likeness (QED) is 0.649. The van der Waals surface area contributed by atoms with E-state index in [9.17, 15) is 5.11 Å². The van der Waals surface area contributed by atoms with Crippen molar-refractivity contribution >= 4 is 0 Å². The van der Waals surface area contributed by atoms with Gasteiger partial charge in [0.05, 0.1) is 6.61 Å². The van der Waals surface area contributed by atoms with Crippen LogP contribution in [0.1, 0.15) is 56.1 Å². The Kier molecular flexibility index (Phi) is 7.54. The third-order valence-corrected chi connectivity index (χ3v) is 5.37. The molecule has 1 fully saturated rings. The van der Waals surface area contributed by atoms with Crippen LogP contribution in [0.3, 0.4) is 0 Å². The summed E-state index contributed by atoms with van der Waals surface area (Å²) in [5, 5.41) is 9.56. The van der Waals surface area contributed by atoms with Crippen molar-refractivity contribution in [2.75, 3.05) is 20.3 Å². The molecule has 0 aromatic heterocycles. The Hall–Kier alpha value is -0.900. The summed E-state index contributed by atoms with van der Waals surface area (Å²) in [5.41, 5.74) is 8.75. The first-order valence-electron chi connectivity index (χ1n) is 9.14. The molecule has 0 saturated heterocycles. The van der Waals surface area contributed by atoms with Gasteiger partial charge in [0.1, 0.15) is 0 Å². The average Bonchev–Trinajstić information content (AvgIpc) is 2.94. The van der Waals surface area contributed by atoms with E-state index < -0.39 is 0 Å². The van der Waals surface area contributed by atoms with Crippen molar-refractivity contribution in [2.24, 2.45) is 11.7 Å². The zero-order valence-electron chi connectivity index (χ0n) is 14.6. The zero-order valence-corrected chi connectivity index (χ0v) is 14.6. The Bertz CT molecular complexity index is 445. The van der Waals surface area contributed by atoms with Crippen LogP contribution < -0.4 is 5.73 Å². The van der Waals surface area contributed by atoms with E-state index in [0.29, 0.717) is 5.92 Å². The second-order valence-corrected chi connectivity index (χ2v) is 7.16. The largest absolute Gasteiger partial charge is 0.394 e. The maximum Gasteiger partial charge on any atom is 0.0614 e. The van der Waals surface area contributed by atoms with Gasteiger partial charge in [0, 0.05) is 19.3 Å². The summed E-state index contributed by atoms with van der Waals surface area (Å²) in [7, 11) is 1.77. The minimum atomic E-state index is -0.360.